The predicted octanol–water partition coefficient (Wildman–Crippen LogP) is 4.91. The average molecular weight is 436 g/mol. The Morgan fingerprint density at radius 3 is 2.52 bits per heavy atom. The van der Waals surface area contributed by atoms with E-state index >= 15 is 0 Å². The maximum atomic E-state index is 13.2. The molecule has 0 N–H and O–H groups in total. The normalized spacial score (nSPS) is 15.6. The molecule has 1 saturated carbocycles. The van der Waals surface area contributed by atoms with E-state index in [9.17, 15) is 4.79 Å². The first-order chi connectivity index (χ1) is 15.1. The van der Waals surface area contributed by atoms with Gasteiger partial charge in [0.15, 0.2) is 11.0 Å². The predicted molar refractivity (Wildman–Crippen MR) is 124 cm³/mol. The molecule has 1 aromatic carbocycles. The number of hydrogen-bond acceptors (Lipinski definition) is 5. The number of aryl methyl sites for hydroxylation is 1. The number of hydrogen-bond donors (Lipinski definition) is 0. The summed E-state index contributed by atoms with van der Waals surface area (Å²) in [6.07, 6.45) is 9.41. The van der Waals surface area contributed by atoms with Crippen molar-refractivity contribution in [2.24, 2.45) is 0 Å². The van der Waals surface area contributed by atoms with E-state index in [0.29, 0.717) is 6.04 Å². The van der Waals surface area contributed by atoms with Gasteiger partial charge in [-0.1, -0.05) is 49.2 Å². The summed E-state index contributed by atoms with van der Waals surface area (Å²) in [6.45, 7) is 4.04. The summed E-state index contributed by atoms with van der Waals surface area (Å²) in [4.78, 5) is 19.3. The minimum atomic E-state index is -0.246. The first-order valence-corrected chi connectivity index (χ1v) is 11.8. The zero-order chi connectivity index (χ0) is 21.8. The Morgan fingerprint density at radius 2 is 1.81 bits per heavy atom. The standard InChI is InChI=1S/C24H29N5OS/c1-17-9-7-8-12-21(17)29-22(19-13-15-25-16-14-19)26-27-24(29)31-18(2)23(30)28(3)20-10-5-4-6-11-20/h7-9,12-16,18,20H,4-6,10-11H2,1-3H3. The molecule has 3 aromatic rings. The van der Waals surface area contributed by atoms with E-state index in [0.717, 1.165) is 40.6 Å². The number of para-hydroxylation sites is 1. The molecule has 6 nitrogen and oxygen atoms in total. The van der Waals surface area contributed by atoms with Crippen LogP contribution in [0.2, 0.25) is 0 Å². The van der Waals surface area contributed by atoms with E-state index in [4.69, 9.17) is 0 Å². The van der Waals surface area contributed by atoms with Gasteiger partial charge in [-0.15, -0.1) is 10.2 Å². The molecule has 0 radical (unpaired) electrons. The Labute approximate surface area is 188 Å². The number of rotatable bonds is 6. The second-order valence-corrected chi connectivity index (χ2v) is 9.47. The monoisotopic (exact) mass is 435 g/mol. The van der Waals surface area contributed by atoms with Crippen LogP contribution in [0.15, 0.2) is 53.9 Å². The summed E-state index contributed by atoms with van der Waals surface area (Å²) < 4.78 is 2.06. The average Bonchev–Trinajstić information content (AvgIpc) is 3.22. The fourth-order valence-electron chi connectivity index (χ4n) is 4.21. The van der Waals surface area contributed by atoms with Crippen LogP contribution in [0.3, 0.4) is 0 Å². The van der Waals surface area contributed by atoms with E-state index in [2.05, 4.69) is 38.8 Å². The quantitative estimate of drug-likeness (QED) is 0.515. The van der Waals surface area contributed by atoms with Gasteiger partial charge >= 0.3 is 0 Å². The van der Waals surface area contributed by atoms with Crippen molar-refractivity contribution in [1.82, 2.24) is 24.6 Å². The van der Waals surface area contributed by atoms with Crippen molar-refractivity contribution < 1.29 is 4.79 Å². The van der Waals surface area contributed by atoms with Gasteiger partial charge in [0.05, 0.1) is 10.9 Å². The molecule has 0 saturated heterocycles. The minimum Gasteiger partial charge on any atom is -0.342 e. The molecule has 31 heavy (non-hydrogen) atoms. The van der Waals surface area contributed by atoms with Crippen LogP contribution in [-0.2, 0) is 4.79 Å². The minimum absolute atomic E-state index is 0.154. The molecule has 2 aromatic heterocycles. The molecule has 1 unspecified atom stereocenters. The molecule has 4 rings (SSSR count). The summed E-state index contributed by atoms with van der Waals surface area (Å²) >= 11 is 1.47. The Balaban J connectivity index is 1.64. The molecule has 1 aliphatic rings. The molecule has 2 heterocycles. The molecular formula is C24H29N5OS. The molecule has 1 aliphatic carbocycles. The zero-order valence-electron chi connectivity index (χ0n) is 18.4. The fraction of sp³-hybridized carbons (Fsp3) is 0.417. The van der Waals surface area contributed by atoms with E-state index in [1.807, 2.05) is 43.1 Å². The molecular weight excluding hydrogens is 406 g/mol. The van der Waals surface area contributed by atoms with Crippen LogP contribution >= 0.6 is 11.8 Å². The van der Waals surface area contributed by atoms with Crippen molar-refractivity contribution >= 4 is 17.7 Å². The molecule has 162 valence electrons. The second kappa shape index (κ2) is 9.64. The van der Waals surface area contributed by atoms with E-state index in [1.165, 1.54) is 31.0 Å². The van der Waals surface area contributed by atoms with Gasteiger partial charge in [-0.25, -0.2) is 0 Å². The lowest BCUT2D eigenvalue weighted by atomic mass is 9.94. The number of nitrogens with zero attached hydrogens (tertiary/aromatic N) is 5. The highest BCUT2D eigenvalue weighted by molar-refractivity contribution is 8.00. The van der Waals surface area contributed by atoms with Crippen LogP contribution in [0.5, 0.6) is 0 Å². The molecule has 1 amide bonds. The number of carbonyl (C=O) groups excluding carboxylic acids is 1. The van der Waals surface area contributed by atoms with Crippen molar-refractivity contribution in [1.29, 1.82) is 0 Å². The van der Waals surface area contributed by atoms with Gasteiger partial charge in [0.25, 0.3) is 0 Å². The lowest BCUT2D eigenvalue weighted by molar-refractivity contribution is -0.131. The van der Waals surface area contributed by atoms with E-state index in [-0.39, 0.29) is 11.2 Å². The van der Waals surface area contributed by atoms with Crippen molar-refractivity contribution in [3.8, 4) is 17.1 Å². The number of benzene rings is 1. The maximum absolute atomic E-state index is 13.2. The molecule has 7 heteroatoms. The lowest BCUT2D eigenvalue weighted by Crippen LogP contribution is -2.42. The summed E-state index contributed by atoms with van der Waals surface area (Å²) in [5, 5.41) is 9.45. The first kappa shape index (κ1) is 21.6. The van der Waals surface area contributed by atoms with Crippen molar-refractivity contribution in [2.75, 3.05) is 7.05 Å². The summed E-state index contributed by atoms with van der Waals surface area (Å²) in [5.41, 5.74) is 3.08. The van der Waals surface area contributed by atoms with Crippen LogP contribution in [0, 0.1) is 6.92 Å². The third-order valence-corrected chi connectivity index (χ3v) is 7.06. The van der Waals surface area contributed by atoms with Gasteiger partial charge in [0.2, 0.25) is 5.91 Å². The highest BCUT2D eigenvalue weighted by Gasteiger charge is 2.28. The fourth-order valence-corrected chi connectivity index (χ4v) is 5.17. The topological polar surface area (TPSA) is 63.9 Å². The number of carbonyl (C=O) groups is 1. The van der Waals surface area contributed by atoms with Crippen LogP contribution in [-0.4, -0.2) is 48.9 Å². The van der Waals surface area contributed by atoms with Gasteiger partial charge in [0.1, 0.15) is 0 Å². The van der Waals surface area contributed by atoms with Gasteiger partial charge in [-0.3, -0.25) is 14.3 Å². The van der Waals surface area contributed by atoms with Crippen LogP contribution in [0.25, 0.3) is 17.1 Å². The van der Waals surface area contributed by atoms with Crippen molar-refractivity contribution in [3.05, 3.63) is 54.4 Å². The second-order valence-electron chi connectivity index (χ2n) is 8.17. The zero-order valence-corrected chi connectivity index (χ0v) is 19.2. The first-order valence-electron chi connectivity index (χ1n) is 10.9. The van der Waals surface area contributed by atoms with Crippen LogP contribution in [0.1, 0.15) is 44.6 Å². The smallest absolute Gasteiger partial charge is 0.235 e. The molecule has 0 spiro atoms. The summed E-state index contributed by atoms with van der Waals surface area (Å²) in [7, 11) is 1.95. The Morgan fingerprint density at radius 1 is 1.10 bits per heavy atom. The third-order valence-electron chi connectivity index (χ3n) is 6.03. The Bertz CT molecular complexity index is 1030. The van der Waals surface area contributed by atoms with E-state index < -0.39 is 0 Å². The summed E-state index contributed by atoms with van der Waals surface area (Å²) in [5.74, 6) is 0.904. The molecule has 0 aliphatic heterocycles. The van der Waals surface area contributed by atoms with Gasteiger partial charge in [-0.05, 0) is 50.5 Å². The SMILES string of the molecule is Cc1ccccc1-n1c(SC(C)C(=O)N(C)C2CCCCC2)nnc1-c1ccncc1. The summed E-state index contributed by atoms with van der Waals surface area (Å²) in [6, 6.07) is 12.4. The number of amides is 1. The Hall–Kier alpha value is -2.67. The van der Waals surface area contributed by atoms with Crippen LogP contribution in [0.4, 0.5) is 0 Å². The van der Waals surface area contributed by atoms with Gasteiger partial charge in [0, 0.05) is 31.0 Å². The third kappa shape index (κ3) is 4.66. The van der Waals surface area contributed by atoms with Gasteiger partial charge in [-0.2, -0.15) is 0 Å². The maximum Gasteiger partial charge on any atom is 0.235 e. The Kier molecular flexibility index (Phi) is 6.70. The molecule has 1 atom stereocenters. The van der Waals surface area contributed by atoms with Gasteiger partial charge < -0.3 is 4.90 Å². The van der Waals surface area contributed by atoms with Crippen molar-refractivity contribution in [3.63, 3.8) is 0 Å². The van der Waals surface area contributed by atoms with E-state index in [1.54, 1.807) is 12.4 Å². The highest BCUT2D eigenvalue weighted by Crippen LogP contribution is 2.32. The largest absolute Gasteiger partial charge is 0.342 e. The number of aromatic nitrogens is 4. The van der Waals surface area contributed by atoms with Crippen LogP contribution < -0.4 is 0 Å². The molecule has 0 bridgehead atoms. The molecule has 1 fully saturated rings. The van der Waals surface area contributed by atoms with Crippen molar-refractivity contribution in [2.45, 2.75) is 62.4 Å². The highest BCUT2D eigenvalue weighted by atomic mass is 32.2. The number of thioether (sulfide) groups is 1. The number of pyridine rings is 1. The lowest BCUT2D eigenvalue weighted by Gasteiger charge is -2.32.